The summed E-state index contributed by atoms with van der Waals surface area (Å²) >= 11 is 0. The number of anilines is 2. The molecule has 0 radical (unpaired) electrons. The van der Waals surface area contributed by atoms with Crippen molar-refractivity contribution >= 4 is 17.3 Å². The van der Waals surface area contributed by atoms with Crippen LogP contribution in [0.3, 0.4) is 0 Å². The van der Waals surface area contributed by atoms with E-state index in [-0.39, 0.29) is 11.6 Å². The van der Waals surface area contributed by atoms with Crippen LogP contribution in [0.1, 0.15) is 53.6 Å². The molecule has 2 fully saturated rings. The normalized spacial score (nSPS) is 23.0. The highest BCUT2D eigenvalue weighted by Crippen LogP contribution is 2.42. The number of alkyl halides is 3. The molecule has 0 bridgehead atoms. The molecule has 2 aromatic rings. The summed E-state index contributed by atoms with van der Waals surface area (Å²) in [6.07, 6.45) is -0.186. The number of hydrazine groups is 2. The van der Waals surface area contributed by atoms with Crippen LogP contribution in [0.5, 0.6) is 0 Å². The van der Waals surface area contributed by atoms with E-state index in [1.54, 1.807) is 5.01 Å². The number of rotatable bonds is 5. The first-order chi connectivity index (χ1) is 17.7. The third kappa shape index (κ3) is 5.40. The highest BCUT2D eigenvalue weighted by molar-refractivity contribution is 5.95. The van der Waals surface area contributed by atoms with Crippen LogP contribution in [0, 0.1) is 0 Å². The van der Waals surface area contributed by atoms with E-state index in [0.29, 0.717) is 6.54 Å². The molecule has 2 saturated heterocycles. The van der Waals surface area contributed by atoms with Crippen LogP contribution >= 0.6 is 0 Å². The third-order valence-corrected chi connectivity index (χ3v) is 7.52. The molecule has 5 rings (SSSR count). The molecule has 8 nitrogen and oxygen atoms in total. The van der Waals surface area contributed by atoms with Crippen molar-refractivity contribution in [2.75, 3.05) is 36.4 Å². The number of nitrogens with zero attached hydrogens (tertiary/aromatic N) is 4. The Morgan fingerprint density at radius 2 is 1.78 bits per heavy atom. The average molecular weight is 518 g/mol. The molecule has 2 aromatic carbocycles. The van der Waals surface area contributed by atoms with Gasteiger partial charge >= 0.3 is 6.18 Å². The van der Waals surface area contributed by atoms with E-state index < -0.39 is 23.9 Å². The Balaban J connectivity index is 1.49. The number of hydrogen-bond acceptors (Lipinski definition) is 7. The molecule has 0 saturated carbocycles. The Hall–Kier alpha value is -2.86. The first-order valence-electron chi connectivity index (χ1n) is 12.9. The zero-order valence-corrected chi connectivity index (χ0v) is 20.8. The maximum Gasteiger partial charge on any atom is 0.416 e. The van der Waals surface area contributed by atoms with Gasteiger partial charge < -0.3 is 10.2 Å². The van der Waals surface area contributed by atoms with Gasteiger partial charge in [0.25, 0.3) is 5.91 Å². The summed E-state index contributed by atoms with van der Waals surface area (Å²) in [5, 5.41) is 6.20. The van der Waals surface area contributed by atoms with Gasteiger partial charge in [-0.3, -0.25) is 15.5 Å². The molecule has 0 spiro atoms. The van der Waals surface area contributed by atoms with Gasteiger partial charge in [0.05, 0.1) is 16.9 Å². The molecule has 1 amide bonds. The Kier molecular flexibility index (Phi) is 7.30. The number of fused-ring (bicyclic) bond motifs is 1. The van der Waals surface area contributed by atoms with Gasteiger partial charge in [-0.15, -0.1) is 0 Å². The predicted molar refractivity (Wildman–Crippen MR) is 136 cm³/mol. The lowest BCUT2D eigenvalue weighted by molar-refractivity contribution is -0.137. The number of carbonyl (C=O) groups is 1. The van der Waals surface area contributed by atoms with Crippen molar-refractivity contribution in [3.63, 3.8) is 0 Å². The lowest BCUT2D eigenvalue weighted by Gasteiger charge is -2.39. The molecule has 2 unspecified atom stereocenters. The van der Waals surface area contributed by atoms with Crippen LogP contribution in [0.4, 0.5) is 24.5 Å². The minimum Gasteiger partial charge on any atom is -0.345 e. The number of likely N-dealkylation sites (tertiary alicyclic amines) is 1. The molecular weight excluding hydrogens is 483 g/mol. The number of nitrogens with two attached hydrogens (primary N) is 2. The Morgan fingerprint density at radius 3 is 2.54 bits per heavy atom. The van der Waals surface area contributed by atoms with Crippen LogP contribution in [-0.4, -0.2) is 59.3 Å². The number of para-hydroxylation sites is 1. The monoisotopic (exact) mass is 517 g/mol. The van der Waals surface area contributed by atoms with Gasteiger partial charge in [-0.1, -0.05) is 24.6 Å². The van der Waals surface area contributed by atoms with E-state index in [2.05, 4.69) is 21.2 Å². The molecule has 0 aliphatic carbocycles. The van der Waals surface area contributed by atoms with Crippen LogP contribution in [0.15, 0.2) is 42.5 Å². The average Bonchev–Trinajstić information content (AvgIpc) is 3.47. The molecule has 0 aromatic heterocycles. The molecule has 37 heavy (non-hydrogen) atoms. The van der Waals surface area contributed by atoms with Gasteiger partial charge in [-0.2, -0.15) is 13.2 Å². The van der Waals surface area contributed by atoms with E-state index in [1.807, 2.05) is 12.1 Å². The molecule has 200 valence electrons. The Labute approximate surface area is 214 Å². The molecule has 3 heterocycles. The number of benzene rings is 2. The van der Waals surface area contributed by atoms with Gasteiger partial charge in [0.1, 0.15) is 0 Å². The third-order valence-electron chi connectivity index (χ3n) is 7.52. The van der Waals surface area contributed by atoms with Gasteiger partial charge in [0.15, 0.2) is 6.29 Å². The summed E-state index contributed by atoms with van der Waals surface area (Å²) in [6, 6.07) is 10.4. The lowest BCUT2D eigenvalue weighted by atomic mass is 10.1. The first-order valence-corrected chi connectivity index (χ1v) is 12.9. The minimum atomic E-state index is -4.56. The zero-order chi connectivity index (χ0) is 26.2. The summed E-state index contributed by atoms with van der Waals surface area (Å²) < 4.78 is 39.9. The van der Waals surface area contributed by atoms with Crippen molar-refractivity contribution in [3.05, 3.63) is 59.2 Å². The van der Waals surface area contributed by atoms with Crippen molar-refractivity contribution < 1.29 is 18.0 Å². The van der Waals surface area contributed by atoms with Crippen molar-refractivity contribution in [1.29, 1.82) is 0 Å². The van der Waals surface area contributed by atoms with Crippen LogP contribution in [-0.2, 0) is 12.7 Å². The molecule has 3 aliphatic heterocycles. The Morgan fingerprint density at radius 1 is 1.05 bits per heavy atom. The molecule has 3 aliphatic rings. The standard InChI is InChI=1S/C26H34F3N7O/c27-26(28,29)20-9-5-7-18(15-20)24(37)36(31)25-32-22-11-6-8-19(16-33-12-3-4-13-33)23(22)35(25)21-10-1-2-14-34(30)17-21/h5-9,11,15,21,25,32H,1-4,10,12-14,16-17,30-31H2. The lowest BCUT2D eigenvalue weighted by Crippen LogP contribution is -2.60. The predicted octanol–water partition coefficient (Wildman–Crippen LogP) is 3.56. The van der Waals surface area contributed by atoms with E-state index >= 15 is 0 Å². The summed E-state index contributed by atoms with van der Waals surface area (Å²) in [4.78, 5) is 17.9. The van der Waals surface area contributed by atoms with Crippen molar-refractivity contribution in [2.45, 2.75) is 57.2 Å². The summed E-state index contributed by atoms with van der Waals surface area (Å²) in [5.74, 6) is 12.0. The highest BCUT2D eigenvalue weighted by atomic mass is 19.4. The SMILES string of the molecule is NN1CCCCC(N2c3c(CN4CCCC4)cccc3NC2N(N)C(=O)c2cccc(C(F)(F)F)c2)C1. The van der Waals surface area contributed by atoms with Gasteiger partial charge in [-0.25, -0.2) is 15.9 Å². The van der Waals surface area contributed by atoms with Crippen molar-refractivity contribution in [1.82, 2.24) is 14.9 Å². The maximum atomic E-state index is 13.4. The van der Waals surface area contributed by atoms with Crippen LogP contribution in [0.25, 0.3) is 0 Å². The fraction of sp³-hybridized carbons (Fsp3) is 0.500. The number of halogens is 3. The summed E-state index contributed by atoms with van der Waals surface area (Å²) in [7, 11) is 0. The zero-order valence-electron chi connectivity index (χ0n) is 20.8. The molecule has 2 atom stereocenters. The van der Waals surface area contributed by atoms with Crippen LogP contribution in [0.2, 0.25) is 0 Å². The molecule has 5 N–H and O–H groups in total. The fourth-order valence-corrected chi connectivity index (χ4v) is 5.70. The van der Waals surface area contributed by atoms with Crippen LogP contribution < -0.4 is 21.9 Å². The number of nitrogens with one attached hydrogen (secondary N) is 1. The maximum absolute atomic E-state index is 13.4. The van der Waals surface area contributed by atoms with E-state index in [9.17, 15) is 18.0 Å². The smallest absolute Gasteiger partial charge is 0.345 e. The largest absolute Gasteiger partial charge is 0.416 e. The quantitative estimate of drug-likeness (QED) is 0.317. The summed E-state index contributed by atoms with van der Waals surface area (Å²) in [5.41, 5.74) is 1.95. The van der Waals surface area contributed by atoms with E-state index in [0.717, 1.165) is 79.5 Å². The summed E-state index contributed by atoms with van der Waals surface area (Å²) in [6.45, 7) is 4.22. The second kappa shape index (κ2) is 10.5. The van der Waals surface area contributed by atoms with E-state index in [1.165, 1.54) is 25.0 Å². The van der Waals surface area contributed by atoms with Gasteiger partial charge in [-0.05, 0) is 68.6 Å². The fourth-order valence-electron chi connectivity index (χ4n) is 5.70. The van der Waals surface area contributed by atoms with E-state index in [4.69, 9.17) is 11.7 Å². The first kappa shape index (κ1) is 25.8. The molecule has 11 heteroatoms. The topological polar surface area (TPSA) is 94.1 Å². The second-order valence-electron chi connectivity index (χ2n) is 10.2. The minimum absolute atomic E-state index is 0.0358. The second-order valence-corrected chi connectivity index (χ2v) is 10.2. The Bertz CT molecular complexity index is 1120. The van der Waals surface area contributed by atoms with Crippen molar-refractivity contribution in [2.24, 2.45) is 11.7 Å². The van der Waals surface area contributed by atoms with Crippen molar-refractivity contribution in [3.8, 4) is 0 Å². The highest BCUT2D eigenvalue weighted by Gasteiger charge is 2.41. The molecular formula is C26H34F3N7O. The number of carbonyl (C=O) groups excluding carboxylic acids is 1. The number of amides is 1. The van der Waals surface area contributed by atoms with Gasteiger partial charge in [0, 0.05) is 31.2 Å². The van der Waals surface area contributed by atoms with Gasteiger partial charge in [0.2, 0.25) is 0 Å². The number of hydrogen-bond donors (Lipinski definition) is 3.